The van der Waals surface area contributed by atoms with Gasteiger partial charge in [-0.15, -0.1) is 11.8 Å². The van der Waals surface area contributed by atoms with Crippen molar-refractivity contribution in [3.05, 3.63) is 35.9 Å². The highest BCUT2D eigenvalue weighted by atomic mass is 32.2. The number of aliphatic hydroxyl groups is 1. The maximum atomic E-state index is 12.5. The second-order valence-corrected chi connectivity index (χ2v) is 7.68. The third kappa shape index (κ3) is 3.59. The van der Waals surface area contributed by atoms with E-state index in [2.05, 4.69) is 5.32 Å². The third-order valence-electron chi connectivity index (χ3n) is 5.06. The quantitative estimate of drug-likeness (QED) is 0.875. The molecular weight excluding hydrogens is 324 g/mol. The van der Waals surface area contributed by atoms with Crippen LogP contribution in [-0.4, -0.2) is 45.5 Å². The molecule has 1 saturated carbocycles. The zero-order valence-electron chi connectivity index (χ0n) is 13.9. The average Bonchev–Trinajstić information content (AvgIpc) is 3.08. The van der Waals surface area contributed by atoms with Crippen molar-refractivity contribution in [2.75, 3.05) is 11.6 Å². The van der Waals surface area contributed by atoms with E-state index < -0.39 is 5.60 Å². The van der Waals surface area contributed by atoms with Gasteiger partial charge in [0.2, 0.25) is 11.8 Å². The highest BCUT2D eigenvalue weighted by Crippen LogP contribution is 2.37. The van der Waals surface area contributed by atoms with Gasteiger partial charge >= 0.3 is 0 Å². The molecule has 1 aliphatic heterocycles. The highest BCUT2D eigenvalue weighted by Gasteiger charge is 2.37. The predicted octanol–water partition coefficient (Wildman–Crippen LogP) is 1.85. The van der Waals surface area contributed by atoms with Crippen molar-refractivity contribution in [3.8, 4) is 0 Å². The van der Waals surface area contributed by atoms with Crippen LogP contribution in [0.2, 0.25) is 0 Å². The second-order valence-electron chi connectivity index (χ2n) is 6.68. The van der Waals surface area contributed by atoms with Crippen LogP contribution in [0.25, 0.3) is 0 Å². The highest BCUT2D eigenvalue weighted by molar-refractivity contribution is 7.99. The fraction of sp³-hybridized carbons (Fsp3) is 0.556. The van der Waals surface area contributed by atoms with E-state index in [4.69, 9.17) is 0 Å². The van der Waals surface area contributed by atoms with Gasteiger partial charge in [-0.2, -0.15) is 0 Å². The van der Waals surface area contributed by atoms with Crippen LogP contribution in [0.1, 0.15) is 38.2 Å². The van der Waals surface area contributed by atoms with E-state index >= 15 is 0 Å². The lowest BCUT2D eigenvalue weighted by Gasteiger charge is -2.37. The van der Waals surface area contributed by atoms with E-state index in [0.717, 1.165) is 18.4 Å². The van der Waals surface area contributed by atoms with Gasteiger partial charge in [0.05, 0.1) is 11.5 Å². The number of hydrogen-bond donors (Lipinski definition) is 2. The molecule has 0 bridgehead atoms. The van der Waals surface area contributed by atoms with Crippen molar-refractivity contribution in [2.45, 2.75) is 50.3 Å². The number of amides is 2. The molecule has 1 unspecified atom stereocenters. The Bertz CT molecular complexity index is 600. The van der Waals surface area contributed by atoms with E-state index in [-0.39, 0.29) is 23.9 Å². The summed E-state index contributed by atoms with van der Waals surface area (Å²) in [5.41, 5.74) is 0.154. The average molecular weight is 348 g/mol. The normalized spacial score (nSPS) is 30.2. The summed E-state index contributed by atoms with van der Waals surface area (Å²) in [6, 6.07) is 9.45. The molecule has 0 spiro atoms. The molecule has 130 valence electrons. The van der Waals surface area contributed by atoms with Crippen molar-refractivity contribution >= 4 is 23.6 Å². The van der Waals surface area contributed by atoms with Gasteiger partial charge in [-0.3, -0.25) is 9.59 Å². The van der Waals surface area contributed by atoms with Crippen LogP contribution in [0, 0.1) is 0 Å². The molecule has 1 heterocycles. The second kappa shape index (κ2) is 7.15. The number of carbonyl (C=O) groups is 2. The van der Waals surface area contributed by atoms with Gasteiger partial charge in [-0.05, 0) is 31.2 Å². The van der Waals surface area contributed by atoms with Crippen LogP contribution in [0.3, 0.4) is 0 Å². The lowest BCUT2D eigenvalue weighted by atomic mass is 9.77. The molecule has 1 aromatic carbocycles. The zero-order chi connectivity index (χ0) is 17.2. The number of nitrogens with one attached hydrogen (secondary N) is 1. The Hall–Kier alpha value is -1.53. The molecule has 1 aliphatic carbocycles. The third-order valence-corrected chi connectivity index (χ3v) is 6.07. The minimum absolute atomic E-state index is 0.0535. The fourth-order valence-corrected chi connectivity index (χ4v) is 4.76. The molecule has 1 aromatic rings. The standard InChI is InChI=1S/C18H24N2O3S/c1-13(21)20-12-24-11-16(20)17(22)19-15-7-9-18(23,10-8-15)14-5-3-2-4-6-14/h2-6,15-16,23H,7-12H2,1H3,(H,19,22). The molecule has 2 aliphatic rings. The van der Waals surface area contributed by atoms with Crippen molar-refractivity contribution in [1.29, 1.82) is 0 Å². The van der Waals surface area contributed by atoms with Gasteiger partial charge in [-0.1, -0.05) is 30.3 Å². The lowest BCUT2D eigenvalue weighted by Crippen LogP contribution is -2.51. The molecule has 24 heavy (non-hydrogen) atoms. The maximum Gasteiger partial charge on any atom is 0.243 e. The van der Waals surface area contributed by atoms with Crippen molar-refractivity contribution in [3.63, 3.8) is 0 Å². The molecule has 3 rings (SSSR count). The topological polar surface area (TPSA) is 69.6 Å². The molecule has 1 saturated heterocycles. The first-order valence-electron chi connectivity index (χ1n) is 8.43. The summed E-state index contributed by atoms with van der Waals surface area (Å²) in [4.78, 5) is 25.7. The van der Waals surface area contributed by atoms with Crippen LogP contribution in [0.15, 0.2) is 30.3 Å². The Balaban J connectivity index is 1.56. The van der Waals surface area contributed by atoms with E-state index in [9.17, 15) is 14.7 Å². The number of thioether (sulfide) groups is 1. The minimum Gasteiger partial charge on any atom is -0.385 e. The number of rotatable bonds is 3. The van der Waals surface area contributed by atoms with E-state index in [1.54, 1.807) is 16.7 Å². The summed E-state index contributed by atoms with van der Waals surface area (Å²) < 4.78 is 0. The minimum atomic E-state index is -0.795. The molecule has 1 atom stereocenters. The number of hydrogen-bond acceptors (Lipinski definition) is 4. The number of benzene rings is 1. The van der Waals surface area contributed by atoms with Crippen LogP contribution in [0.5, 0.6) is 0 Å². The summed E-state index contributed by atoms with van der Waals surface area (Å²) in [7, 11) is 0. The smallest absolute Gasteiger partial charge is 0.243 e. The van der Waals surface area contributed by atoms with Crippen LogP contribution < -0.4 is 5.32 Å². The Morgan fingerprint density at radius 1 is 1.25 bits per heavy atom. The SMILES string of the molecule is CC(=O)N1CSCC1C(=O)NC1CCC(O)(c2ccccc2)CC1. The van der Waals surface area contributed by atoms with Gasteiger partial charge in [-0.25, -0.2) is 0 Å². The van der Waals surface area contributed by atoms with Gasteiger partial charge in [0.1, 0.15) is 6.04 Å². The largest absolute Gasteiger partial charge is 0.385 e. The summed E-state index contributed by atoms with van der Waals surface area (Å²) in [6.07, 6.45) is 2.77. The lowest BCUT2D eigenvalue weighted by molar-refractivity contribution is -0.137. The molecule has 6 heteroatoms. The first-order chi connectivity index (χ1) is 11.5. The van der Waals surface area contributed by atoms with E-state index in [1.807, 2.05) is 30.3 Å². The molecular formula is C18H24N2O3S. The summed E-state index contributed by atoms with van der Waals surface area (Å²) in [5.74, 6) is 1.13. The molecule has 5 nitrogen and oxygen atoms in total. The van der Waals surface area contributed by atoms with Crippen LogP contribution in [-0.2, 0) is 15.2 Å². The molecule has 2 N–H and O–H groups in total. The van der Waals surface area contributed by atoms with Crippen LogP contribution in [0.4, 0.5) is 0 Å². The van der Waals surface area contributed by atoms with Gasteiger partial charge < -0.3 is 15.3 Å². The Kier molecular flexibility index (Phi) is 5.15. The molecule has 2 amide bonds. The van der Waals surface area contributed by atoms with Gasteiger partial charge in [0, 0.05) is 18.7 Å². The summed E-state index contributed by atoms with van der Waals surface area (Å²) in [5, 5.41) is 13.9. The van der Waals surface area contributed by atoms with Crippen LogP contribution >= 0.6 is 11.8 Å². The first-order valence-corrected chi connectivity index (χ1v) is 9.58. The monoisotopic (exact) mass is 348 g/mol. The Morgan fingerprint density at radius 2 is 1.92 bits per heavy atom. The predicted molar refractivity (Wildman–Crippen MR) is 94.4 cm³/mol. The van der Waals surface area contributed by atoms with Crippen molar-refractivity contribution < 1.29 is 14.7 Å². The summed E-state index contributed by atoms with van der Waals surface area (Å²) in [6.45, 7) is 1.51. The first kappa shape index (κ1) is 17.3. The maximum absolute atomic E-state index is 12.5. The van der Waals surface area contributed by atoms with Crippen molar-refractivity contribution in [1.82, 2.24) is 10.2 Å². The molecule has 2 fully saturated rings. The molecule has 0 radical (unpaired) electrons. The fourth-order valence-electron chi connectivity index (χ4n) is 3.54. The number of nitrogens with zero attached hydrogens (tertiary/aromatic N) is 1. The van der Waals surface area contributed by atoms with Crippen molar-refractivity contribution in [2.24, 2.45) is 0 Å². The Morgan fingerprint density at radius 3 is 2.54 bits per heavy atom. The van der Waals surface area contributed by atoms with Gasteiger partial charge in [0.15, 0.2) is 0 Å². The summed E-state index contributed by atoms with van der Waals surface area (Å²) >= 11 is 1.61. The molecule has 0 aromatic heterocycles. The van der Waals surface area contributed by atoms with E-state index in [0.29, 0.717) is 24.5 Å². The van der Waals surface area contributed by atoms with Gasteiger partial charge in [0.25, 0.3) is 0 Å². The van der Waals surface area contributed by atoms with E-state index in [1.165, 1.54) is 6.92 Å². The Labute approximate surface area is 146 Å². The number of carbonyl (C=O) groups excluding carboxylic acids is 2. The zero-order valence-corrected chi connectivity index (χ0v) is 14.7.